The molecule has 162 valence electrons. The van der Waals surface area contributed by atoms with Crippen LogP contribution in [-0.4, -0.2) is 45.4 Å². The van der Waals surface area contributed by atoms with E-state index >= 15 is 0 Å². The Balaban J connectivity index is 2.16. The highest BCUT2D eigenvalue weighted by atomic mass is 35.5. The highest BCUT2D eigenvalue weighted by Crippen LogP contribution is 2.39. The second-order valence-corrected chi connectivity index (χ2v) is 7.01. The van der Waals surface area contributed by atoms with Gasteiger partial charge in [0.05, 0.1) is 11.1 Å². The van der Waals surface area contributed by atoms with Crippen LogP contribution in [0.1, 0.15) is 18.9 Å². The van der Waals surface area contributed by atoms with Crippen molar-refractivity contribution < 1.29 is 22.0 Å². The van der Waals surface area contributed by atoms with Crippen molar-refractivity contribution in [3.8, 4) is 11.1 Å². The van der Waals surface area contributed by atoms with E-state index in [1.807, 2.05) is 0 Å². The van der Waals surface area contributed by atoms with E-state index in [1.165, 1.54) is 0 Å². The molecule has 0 radical (unpaired) electrons. The van der Waals surface area contributed by atoms with Gasteiger partial charge in [0, 0.05) is 0 Å². The van der Waals surface area contributed by atoms with E-state index in [9.17, 15) is 22.0 Å². The number of rotatable bonds is 7. The summed E-state index contributed by atoms with van der Waals surface area (Å²) in [6.45, 7) is 1.52. The van der Waals surface area contributed by atoms with E-state index < -0.39 is 34.6 Å². The Morgan fingerprint density at radius 1 is 1.17 bits per heavy atom. The normalized spacial score (nSPS) is 13.1. The minimum absolute atomic E-state index is 0.120. The maximum absolute atomic E-state index is 14.9. The summed E-state index contributed by atoms with van der Waals surface area (Å²) in [5.41, 5.74) is -0.560. The molecule has 0 amide bonds. The zero-order valence-corrected chi connectivity index (χ0v) is 16.7. The molecule has 0 saturated carbocycles. The number of aryl methyl sites for hydroxylation is 1. The fourth-order valence-corrected chi connectivity index (χ4v) is 3.20. The molecule has 0 bridgehead atoms. The first-order valence-corrected chi connectivity index (χ1v) is 9.36. The first-order valence-electron chi connectivity index (χ1n) is 8.98. The summed E-state index contributed by atoms with van der Waals surface area (Å²) in [5.74, 6) is -2.43. The highest BCUT2D eigenvalue weighted by Gasteiger charge is 2.37. The molecule has 0 unspecified atom stereocenters. The van der Waals surface area contributed by atoms with E-state index in [-0.39, 0.29) is 17.2 Å². The molecule has 1 aromatic carbocycles. The maximum atomic E-state index is 14.9. The second-order valence-electron chi connectivity index (χ2n) is 6.65. The average molecular weight is 449 g/mol. The number of nitrogens with zero attached hydrogens (tertiary/aromatic N) is 4. The molecule has 30 heavy (non-hydrogen) atoms. The number of benzene rings is 1. The summed E-state index contributed by atoms with van der Waals surface area (Å²) < 4.78 is 70.2. The summed E-state index contributed by atoms with van der Waals surface area (Å²) in [5, 5.41) is 8.54. The lowest BCUT2D eigenvalue weighted by molar-refractivity contribution is -0.138. The topological polar surface area (TPSA) is 67.1 Å². The molecular formula is C18H18ClF5N6. The van der Waals surface area contributed by atoms with Crippen LogP contribution in [0.5, 0.6) is 0 Å². The summed E-state index contributed by atoms with van der Waals surface area (Å²) in [4.78, 5) is 7.69. The minimum Gasteiger partial charge on any atom is -0.358 e. The maximum Gasteiger partial charge on any atom is 0.408 e. The Hall–Kier alpha value is -2.53. The molecule has 1 atom stereocenters. The van der Waals surface area contributed by atoms with Crippen molar-refractivity contribution in [2.24, 2.45) is 0 Å². The number of halogens is 6. The van der Waals surface area contributed by atoms with Gasteiger partial charge < -0.3 is 10.6 Å². The van der Waals surface area contributed by atoms with Crippen LogP contribution in [0.3, 0.4) is 0 Å². The third-order valence-corrected chi connectivity index (χ3v) is 4.74. The third-order valence-electron chi connectivity index (χ3n) is 4.47. The molecule has 0 spiro atoms. The molecule has 2 heterocycles. The van der Waals surface area contributed by atoms with Gasteiger partial charge in [0.25, 0.3) is 5.78 Å². The number of anilines is 1. The average Bonchev–Trinajstić information content (AvgIpc) is 3.10. The first kappa shape index (κ1) is 22.2. The lowest BCUT2D eigenvalue weighted by Gasteiger charge is -2.21. The molecule has 0 saturated heterocycles. The van der Waals surface area contributed by atoms with Crippen LogP contribution in [0, 0.1) is 11.6 Å². The van der Waals surface area contributed by atoms with E-state index in [2.05, 4.69) is 25.7 Å². The zero-order chi connectivity index (χ0) is 22.1. The third kappa shape index (κ3) is 4.46. The zero-order valence-electron chi connectivity index (χ0n) is 16.0. The van der Waals surface area contributed by atoms with Gasteiger partial charge in [-0.1, -0.05) is 11.6 Å². The summed E-state index contributed by atoms with van der Waals surface area (Å²) in [7, 11) is 1.76. The molecule has 6 nitrogen and oxygen atoms in total. The van der Waals surface area contributed by atoms with Gasteiger partial charge in [0.2, 0.25) is 0 Å². The van der Waals surface area contributed by atoms with Crippen LogP contribution in [0.2, 0.25) is 5.15 Å². The molecule has 3 aromatic rings. The van der Waals surface area contributed by atoms with Crippen LogP contribution in [0.4, 0.5) is 27.8 Å². The number of alkyl halides is 3. The predicted molar refractivity (Wildman–Crippen MR) is 103 cm³/mol. The Kier molecular flexibility index (Phi) is 6.41. The molecule has 0 aliphatic heterocycles. The molecule has 0 aliphatic carbocycles. The highest BCUT2D eigenvalue weighted by molar-refractivity contribution is 6.33. The van der Waals surface area contributed by atoms with Gasteiger partial charge in [-0.15, -0.1) is 0 Å². The van der Waals surface area contributed by atoms with Crippen LogP contribution in [-0.2, 0) is 6.42 Å². The number of aromatic nitrogens is 4. The van der Waals surface area contributed by atoms with Gasteiger partial charge in [0.15, 0.2) is 0 Å². The van der Waals surface area contributed by atoms with E-state index in [0.29, 0.717) is 24.9 Å². The Labute approximate surface area is 173 Å². The van der Waals surface area contributed by atoms with Gasteiger partial charge in [-0.2, -0.15) is 32.8 Å². The van der Waals surface area contributed by atoms with Crippen LogP contribution < -0.4 is 10.6 Å². The second kappa shape index (κ2) is 8.68. The quantitative estimate of drug-likeness (QED) is 0.321. The van der Waals surface area contributed by atoms with E-state index in [1.54, 1.807) is 7.05 Å². The predicted octanol–water partition coefficient (Wildman–Crippen LogP) is 4.24. The number of nitrogens with one attached hydrogen (secondary N) is 2. The largest absolute Gasteiger partial charge is 0.408 e. The molecule has 0 fully saturated rings. The van der Waals surface area contributed by atoms with Crippen LogP contribution >= 0.6 is 11.6 Å². The van der Waals surface area contributed by atoms with Crippen molar-refractivity contribution in [2.45, 2.75) is 32.0 Å². The minimum atomic E-state index is -4.63. The number of hydrogen-bond donors (Lipinski definition) is 2. The monoisotopic (exact) mass is 448 g/mol. The summed E-state index contributed by atoms with van der Waals surface area (Å²) >= 11 is 6.13. The Morgan fingerprint density at radius 3 is 2.43 bits per heavy atom. The van der Waals surface area contributed by atoms with Gasteiger partial charge in [-0.3, -0.25) is 0 Å². The number of fused-ring (bicyclic) bond motifs is 1. The van der Waals surface area contributed by atoms with Gasteiger partial charge in [0.1, 0.15) is 35.0 Å². The lowest BCUT2D eigenvalue weighted by atomic mass is 10.0. The molecule has 3 rings (SSSR count). The van der Waals surface area contributed by atoms with Gasteiger partial charge in [-0.05, 0) is 51.1 Å². The summed E-state index contributed by atoms with van der Waals surface area (Å²) in [6.07, 6.45) is -2.52. The Bertz CT molecular complexity index is 1030. The van der Waals surface area contributed by atoms with Crippen molar-refractivity contribution >= 4 is 23.2 Å². The Morgan fingerprint density at radius 2 is 1.83 bits per heavy atom. The lowest BCUT2D eigenvalue weighted by Crippen LogP contribution is -2.34. The smallest absolute Gasteiger partial charge is 0.358 e. The van der Waals surface area contributed by atoms with Crippen molar-refractivity contribution in [1.29, 1.82) is 0 Å². The van der Waals surface area contributed by atoms with Crippen molar-refractivity contribution in [1.82, 2.24) is 24.9 Å². The fraction of sp³-hybridized carbons (Fsp3) is 0.389. The number of hydrogen-bond acceptors (Lipinski definition) is 5. The molecule has 2 aromatic heterocycles. The van der Waals surface area contributed by atoms with E-state index in [4.69, 9.17) is 11.6 Å². The van der Waals surface area contributed by atoms with Crippen LogP contribution in [0.15, 0.2) is 18.5 Å². The molecule has 12 heteroatoms. The molecular weight excluding hydrogens is 431 g/mol. The van der Waals surface area contributed by atoms with Crippen molar-refractivity contribution in [3.63, 3.8) is 0 Å². The summed E-state index contributed by atoms with van der Waals surface area (Å²) in [6, 6.07) is 0.203. The SMILES string of the molecule is CNCCCc1cc(F)c(-c2c(Cl)nc3ncnn3c2N[C@@H](C)C(F)(F)F)c(F)c1. The van der Waals surface area contributed by atoms with Gasteiger partial charge >= 0.3 is 6.18 Å². The van der Waals surface area contributed by atoms with Crippen LogP contribution in [0.25, 0.3) is 16.9 Å². The standard InChI is InChI=1S/C18H18ClF5N6/c1-9(18(22,23)24)28-16-14(15(19)29-17-26-8-27-30(16)17)13-11(20)6-10(7-12(13)21)4-3-5-25-2/h6-9,25,28H,3-5H2,1-2H3/t9-/m0/s1. The van der Waals surface area contributed by atoms with Crippen molar-refractivity contribution in [3.05, 3.63) is 40.8 Å². The molecule has 2 N–H and O–H groups in total. The fourth-order valence-electron chi connectivity index (χ4n) is 2.94. The van der Waals surface area contributed by atoms with Crippen molar-refractivity contribution in [2.75, 3.05) is 18.9 Å². The van der Waals surface area contributed by atoms with Gasteiger partial charge in [-0.25, -0.2) is 8.78 Å². The first-order chi connectivity index (χ1) is 14.1. The van der Waals surface area contributed by atoms with E-state index in [0.717, 1.165) is 29.9 Å². The molecule has 0 aliphatic rings.